The van der Waals surface area contributed by atoms with E-state index in [-0.39, 0.29) is 6.03 Å². The normalized spacial score (nSPS) is 22.9. The maximum Gasteiger partial charge on any atom is 0.317 e. The van der Waals surface area contributed by atoms with Gasteiger partial charge in [-0.15, -0.1) is 0 Å². The molecule has 2 aliphatic rings. The molecule has 16 heavy (non-hydrogen) atoms. The maximum atomic E-state index is 11.7. The second kappa shape index (κ2) is 5.01. The summed E-state index contributed by atoms with van der Waals surface area (Å²) < 4.78 is 4.89. The lowest BCUT2D eigenvalue weighted by Gasteiger charge is -2.52. The van der Waals surface area contributed by atoms with E-state index in [1.807, 2.05) is 4.90 Å². The Labute approximate surface area is 96.5 Å². The van der Waals surface area contributed by atoms with Crippen LogP contribution >= 0.6 is 0 Å². The number of hydrogen-bond donors (Lipinski definition) is 2. The highest BCUT2D eigenvalue weighted by Gasteiger charge is 2.45. The van der Waals surface area contributed by atoms with Crippen molar-refractivity contribution in [2.24, 2.45) is 5.41 Å². The van der Waals surface area contributed by atoms with Crippen molar-refractivity contribution in [1.82, 2.24) is 15.5 Å². The van der Waals surface area contributed by atoms with Gasteiger partial charge in [-0.1, -0.05) is 0 Å². The molecule has 0 radical (unpaired) electrons. The Morgan fingerprint density at radius 1 is 1.56 bits per heavy atom. The van der Waals surface area contributed by atoms with Gasteiger partial charge in [0.2, 0.25) is 0 Å². The fraction of sp³-hybridized carbons (Fsp3) is 0.909. The van der Waals surface area contributed by atoms with Gasteiger partial charge in [-0.2, -0.15) is 0 Å². The van der Waals surface area contributed by atoms with Crippen LogP contribution in [0.5, 0.6) is 0 Å². The number of piperidine rings is 1. The molecule has 92 valence electrons. The molecule has 0 saturated carbocycles. The molecular formula is C11H21N3O2. The lowest BCUT2D eigenvalue weighted by molar-refractivity contribution is 0.0114. The van der Waals surface area contributed by atoms with Gasteiger partial charge in [-0.25, -0.2) is 4.79 Å². The molecule has 5 nitrogen and oxygen atoms in total. The van der Waals surface area contributed by atoms with Crippen LogP contribution in [-0.2, 0) is 4.74 Å². The molecule has 0 aromatic rings. The number of rotatable bonds is 3. The van der Waals surface area contributed by atoms with Gasteiger partial charge in [0.15, 0.2) is 0 Å². The first-order chi connectivity index (χ1) is 7.76. The topological polar surface area (TPSA) is 53.6 Å². The van der Waals surface area contributed by atoms with E-state index in [1.54, 1.807) is 7.11 Å². The number of urea groups is 1. The number of amides is 2. The van der Waals surface area contributed by atoms with E-state index in [0.29, 0.717) is 18.6 Å². The van der Waals surface area contributed by atoms with Crippen LogP contribution in [0.15, 0.2) is 0 Å². The monoisotopic (exact) mass is 227 g/mol. The summed E-state index contributed by atoms with van der Waals surface area (Å²) in [6, 6.07) is 0.0493. The van der Waals surface area contributed by atoms with E-state index in [2.05, 4.69) is 10.6 Å². The predicted molar refractivity (Wildman–Crippen MR) is 61.4 cm³/mol. The van der Waals surface area contributed by atoms with Gasteiger partial charge < -0.3 is 20.3 Å². The number of carbonyl (C=O) groups is 1. The van der Waals surface area contributed by atoms with E-state index in [4.69, 9.17) is 4.74 Å². The zero-order valence-corrected chi connectivity index (χ0v) is 9.92. The summed E-state index contributed by atoms with van der Waals surface area (Å²) in [7, 11) is 1.64. The highest BCUT2D eigenvalue weighted by atomic mass is 16.5. The fourth-order valence-electron chi connectivity index (χ4n) is 2.58. The van der Waals surface area contributed by atoms with Crippen LogP contribution in [-0.4, -0.2) is 57.4 Å². The minimum absolute atomic E-state index is 0.0493. The number of hydrogen-bond acceptors (Lipinski definition) is 3. The Morgan fingerprint density at radius 3 is 3.00 bits per heavy atom. The van der Waals surface area contributed by atoms with Crippen molar-refractivity contribution in [3.05, 3.63) is 0 Å². The SMILES string of the molecule is COCCNC(=O)N1CC2(CCCNC2)C1. The number of ether oxygens (including phenoxy) is 1. The van der Waals surface area contributed by atoms with Gasteiger partial charge in [0, 0.05) is 38.7 Å². The third kappa shape index (κ3) is 2.47. The van der Waals surface area contributed by atoms with Crippen molar-refractivity contribution in [3.63, 3.8) is 0 Å². The summed E-state index contributed by atoms with van der Waals surface area (Å²) in [6.07, 6.45) is 2.49. The summed E-state index contributed by atoms with van der Waals surface area (Å²) in [4.78, 5) is 13.6. The quantitative estimate of drug-likeness (QED) is 0.669. The van der Waals surface area contributed by atoms with Crippen LogP contribution in [0, 0.1) is 5.41 Å². The van der Waals surface area contributed by atoms with Crippen molar-refractivity contribution in [3.8, 4) is 0 Å². The molecule has 5 heteroatoms. The lowest BCUT2D eigenvalue weighted by atomic mass is 9.74. The summed E-state index contributed by atoms with van der Waals surface area (Å²) in [5, 5.41) is 6.26. The average molecular weight is 227 g/mol. The molecule has 0 aromatic heterocycles. The largest absolute Gasteiger partial charge is 0.383 e. The molecule has 2 fully saturated rings. The minimum Gasteiger partial charge on any atom is -0.383 e. The third-order valence-corrected chi connectivity index (χ3v) is 3.48. The average Bonchev–Trinajstić information content (AvgIpc) is 2.27. The summed E-state index contributed by atoms with van der Waals surface area (Å²) in [6.45, 7) is 5.16. The Bertz CT molecular complexity index is 244. The molecule has 0 bridgehead atoms. The first-order valence-corrected chi connectivity index (χ1v) is 5.98. The number of nitrogens with one attached hydrogen (secondary N) is 2. The van der Waals surface area contributed by atoms with E-state index in [0.717, 1.165) is 26.2 Å². The maximum absolute atomic E-state index is 11.7. The van der Waals surface area contributed by atoms with E-state index in [9.17, 15) is 4.79 Å². The second-order valence-electron chi connectivity index (χ2n) is 4.86. The minimum atomic E-state index is 0.0493. The summed E-state index contributed by atoms with van der Waals surface area (Å²) in [5.74, 6) is 0. The van der Waals surface area contributed by atoms with Crippen LogP contribution < -0.4 is 10.6 Å². The molecule has 2 saturated heterocycles. The molecule has 1 spiro atoms. The van der Waals surface area contributed by atoms with Crippen molar-refractivity contribution in [1.29, 1.82) is 0 Å². The van der Waals surface area contributed by atoms with Crippen LogP contribution in [0.3, 0.4) is 0 Å². The molecule has 0 atom stereocenters. The highest BCUT2D eigenvalue weighted by Crippen LogP contribution is 2.36. The van der Waals surface area contributed by atoms with Crippen molar-refractivity contribution >= 4 is 6.03 Å². The fourth-order valence-corrected chi connectivity index (χ4v) is 2.58. The van der Waals surface area contributed by atoms with E-state index < -0.39 is 0 Å². The first kappa shape index (κ1) is 11.7. The third-order valence-electron chi connectivity index (χ3n) is 3.48. The molecule has 0 aromatic carbocycles. The van der Waals surface area contributed by atoms with Crippen LogP contribution in [0.4, 0.5) is 4.79 Å². The number of nitrogens with zero attached hydrogens (tertiary/aromatic N) is 1. The first-order valence-electron chi connectivity index (χ1n) is 5.98. The number of methoxy groups -OCH3 is 1. The van der Waals surface area contributed by atoms with Crippen molar-refractivity contribution < 1.29 is 9.53 Å². The number of carbonyl (C=O) groups excluding carboxylic acids is 1. The predicted octanol–water partition coefficient (Wildman–Crippen LogP) is 0.0278. The van der Waals surface area contributed by atoms with Crippen LogP contribution in [0.2, 0.25) is 0 Å². The number of likely N-dealkylation sites (tertiary alicyclic amines) is 1. The molecule has 2 amide bonds. The van der Waals surface area contributed by atoms with E-state index >= 15 is 0 Å². The summed E-state index contributed by atoms with van der Waals surface area (Å²) in [5.41, 5.74) is 0.372. The zero-order chi connectivity index (χ0) is 11.4. The highest BCUT2D eigenvalue weighted by molar-refractivity contribution is 5.75. The summed E-state index contributed by atoms with van der Waals surface area (Å²) >= 11 is 0. The van der Waals surface area contributed by atoms with Crippen LogP contribution in [0.1, 0.15) is 12.8 Å². The Hall–Kier alpha value is -0.810. The molecular weight excluding hydrogens is 206 g/mol. The zero-order valence-electron chi connectivity index (χ0n) is 9.92. The van der Waals surface area contributed by atoms with Crippen molar-refractivity contribution in [2.75, 3.05) is 46.4 Å². The second-order valence-corrected chi connectivity index (χ2v) is 4.86. The Balaban J connectivity index is 1.68. The van der Waals surface area contributed by atoms with Gasteiger partial charge in [-0.3, -0.25) is 0 Å². The van der Waals surface area contributed by atoms with Crippen LogP contribution in [0.25, 0.3) is 0 Å². The Kier molecular flexibility index (Phi) is 3.66. The molecule has 0 unspecified atom stereocenters. The Morgan fingerprint density at radius 2 is 2.38 bits per heavy atom. The lowest BCUT2D eigenvalue weighted by Crippen LogP contribution is -2.65. The smallest absolute Gasteiger partial charge is 0.317 e. The van der Waals surface area contributed by atoms with Gasteiger partial charge >= 0.3 is 6.03 Å². The molecule has 2 aliphatic heterocycles. The van der Waals surface area contributed by atoms with Gasteiger partial charge in [0.1, 0.15) is 0 Å². The van der Waals surface area contributed by atoms with Gasteiger partial charge in [0.05, 0.1) is 6.61 Å². The van der Waals surface area contributed by atoms with Gasteiger partial charge in [0.25, 0.3) is 0 Å². The van der Waals surface area contributed by atoms with E-state index in [1.165, 1.54) is 12.8 Å². The molecule has 2 N–H and O–H groups in total. The standard InChI is InChI=1S/C11H21N3O2/c1-16-6-5-13-10(15)14-8-11(9-14)3-2-4-12-7-11/h12H,2-9H2,1H3,(H,13,15). The molecule has 0 aliphatic carbocycles. The molecule has 2 rings (SSSR count). The van der Waals surface area contributed by atoms with Crippen molar-refractivity contribution in [2.45, 2.75) is 12.8 Å². The van der Waals surface area contributed by atoms with Gasteiger partial charge in [-0.05, 0) is 19.4 Å². The molecule has 2 heterocycles.